The summed E-state index contributed by atoms with van der Waals surface area (Å²) < 4.78 is 0.670. The minimum absolute atomic E-state index is 0.112. The average Bonchev–Trinajstić information content (AvgIpc) is 2.27. The Labute approximate surface area is 112 Å². The Morgan fingerprint density at radius 3 is 2.76 bits per heavy atom. The second-order valence-corrected chi connectivity index (χ2v) is 4.58. The largest absolute Gasteiger partial charge is 0.310 e. The van der Waals surface area contributed by atoms with Gasteiger partial charge >= 0.3 is 0 Å². The Morgan fingerprint density at radius 1 is 1.59 bits per heavy atom. The predicted molar refractivity (Wildman–Crippen MR) is 69.5 cm³/mol. The molecule has 17 heavy (non-hydrogen) atoms. The lowest BCUT2D eigenvalue weighted by Crippen LogP contribution is -2.27. The maximum Gasteiger partial charge on any atom is 0.293 e. The Kier molecular flexibility index (Phi) is 4.89. The number of nitro groups is 1. The number of hydrogen-bond donors (Lipinski definition) is 0. The lowest BCUT2D eigenvalue weighted by atomic mass is 10.2. The summed E-state index contributed by atoms with van der Waals surface area (Å²) in [6.07, 6.45) is 0.141. The highest BCUT2D eigenvalue weighted by Crippen LogP contribution is 2.30. The molecule has 0 aliphatic rings. The summed E-state index contributed by atoms with van der Waals surface area (Å²) in [5, 5.41) is 10.8. The van der Waals surface area contributed by atoms with E-state index in [2.05, 4.69) is 15.9 Å². The van der Waals surface area contributed by atoms with Crippen molar-refractivity contribution in [2.75, 3.05) is 17.8 Å². The fraction of sp³-hybridized carbons (Fsp3) is 0.300. The minimum atomic E-state index is -0.522. The SMILES string of the molecule is CN(C(=O)CCCl)c1cc(Br)ccc1[N+](=O)[O-]. The molecule has 7 heteroatoms. The Hall–Kier alpha value is -1.14. The second kappa shape index (κ2) is 5.97. The van der Waals surface area contributed by atoms with Gasteiger partial charge in [0, 0.05) is 29.9 Å². The number of hydrogen-bond acceptors (Lipinski definition) is 3. The number of alkyl halides is 1. The van der Waals surface area contributed by atoms with E-state index in [0.717, 1.165) is 0 Å². The summed E-state index contributed by atoms with van der Waals surface area (Å²) in [6, 6.07) is 4.44. The Morgan fingerprint density at radius 2 is 2.24 bits per heavy atom. The smallest absolute Gasteiger partial charge is 0.293 e. The van der Waals surface area contributed by atoms with Crippen molar-refractivity contribution in [1.82, 2.24) is 0 Å². The van der Waals surface area contributed by atoms with Gasteiger partial charge in [0.15, 0.2) is 0 Å². The molecule has 0 saturated heterocycles. The average molecular weight is 322 g/mol. The molecule has 0 atom stereocenters. The van der Waals surface area contributed by atoms with E-state index in [1.54, 1.807) is 6.07 Å². The molecule has 0 bridgehead atoms. The third kappa shape index (κ3) is 3.41. The van der Waals surface area contributed by atoms with E-state index in [1.807, 2.05) is 0 Å². The molecule has 0 aromatic heterocycles. The lowest BCUT2D eigenvalue weighted by molar-refractivity contribution is -0.384. The van der Waals surface area contributed by atoms with Gasteiger partial charge in [0.2, 0.25) is 5.91 Å². The number of anilines is 1. The van der Waals surface area contributed by atoms with Gasteiger partial charge in [0.05, 0.1) is 4.92 Å². The zero-order valence-electron chi connectivity index (χ0n) is 9.02. The minimum Gasteiger partial charge on any atom is -0.310 e. The number of rotatable bonds is 4. The molecule has 0 unspecified atom stereocenters. The van der Waals surface area contributed by atoms with E-state index in [4.69, 9.17) is 11.6 Å². The molecule has 1 aromatic carbocycles. The molecular weight excluding hydrogens is 311 g/mol. The quantitative estimate of drug-likeness (QED) is 0.486. The van der Waals surface area contributed by atoms with Gasteiger partial charge in [-0.25, -0.2) is 0 Å². The van der Waals surface area contributed by atoms with Crippen LogP contribution < -0.4 is 4.90 Å². The first-order valence-electron chi connectivity index (χ1n) is 4.74. The summed E-state index contributed by atoms with van der Waals surface area (Å²) in [6.45, 7) is 0. The van der Waals surface area contributed by atoms with Crippen molar-refractivity contribution in [3.8, 4) is 0 Å². The Bertz CT molecular complexity index is 453. The lowest BCUT2D eigenvalue weighted by Gasteiger charge is -2.16. The zero-order chi connectivity index (χ0) is 13.0. The van der Waals surface area contributed by atoms with E-state index in [-0.39, 0.29) is 29.6 Å². The van der Waals surface area contributed by atoms with Gasteiger partial charge in [-0.15, -0.1) is 11.6 Å². The monoisotopic (exact) mass is 320 g/mol. The third-order valence-corrected chi connectivity index (χ3v) is 2.86. The van der Waals surface area contributed by atoms with Crippen LogP contribution in [0.25, 0.3) is 0 Å². The van der Waals surface area contributed by atoms with Gasteiger partial charge in [0.25, 0.3) is 5.69 Å². The van der Waals surface area contributed by atoms with Crippen molar-refractivity contribution < 1.29 is 9.72 Å². The molecule has 0 aliphatic carbocycles. The molecular formula is C10H10BrClN2O3. The van der Waals surface area contributed by atoms with Crippen LogP contribution in [-0.2, 0) is 4.79 Å². The van der Waals surface area contributed by atoms with Gasteiger partial charge < -0.3 is 4.90 Å². The molecule has 0 radical (unpaired) electrons. The van der Waals surface area contributed by atoms with Gasteiger partial charge in [-0.3, -0.25) is 14.9 Å². The van der Waals surface area contributed by atoms with Crippen molar-refractivity contribution in [2.45, 2.75) is 6.42 Å². The van der Waals surface area contributed by atoms with Crippen molar-refractivity contribution in [3.63, 3.8) is 0 Å². The molecule has 0 N–H and O–H groups in total. The van der Waals surface area contributed by atoms with Gasteiger partial charge in [-0.2, -0.15) is 0 Å². The number of benzene rings is 1. The summed E-state index contributed by atoms with van der Waals surface area (Å²) >= 11 is 8.69. The zero-order valence-corrected chi connectivity index (χ0v) is 11.4. The maximum absolute atomic E-state index is 11.6. The second-order valence-electron chi connectivity index (χ2n) is 3.28. The highest BCUT2D eigenvalue weighted by Gasteiger charge is 2.21. The first-order valence-corrected chi connectivity index (χ1v) is 6.06. The van der Waals surface area contributed by atoms with Gasteiger partial charge in [0.1, 0.15) is 5.69 Å². The molecule has 0 spiro atoms. The number of carbonyl (C=O) groups excluding carboxylic acids is 1. The number of amides is 1. The van der Waals surface area contributed by atoms with E-state index in [9.17, 15) is 14.9 Å². The Balaban J connectivity index is 3.14. The van der Waals surface area contributed by atoms with Crippen LogP contribution in [0.5, 0.6) is 0 Å². The van der Waals surface area contributed by atoms with Crippen LogP contribution in [0.1, 0.15) is 6.42 Å². The van der Waals surface area contributed by atoms with Crippen LogP contribution in [0.3, 0.4) is 0 Å². The number of nitrogens with zero attached hydrogens (tertiary/aromatic N) is 2. The van der Waals surface area contributed by atoms with Crippen molar-refractivity contribution in [2.24, 2.45) is 0 Å². The highest BCUT2D eigenvalue weighted by molar-refractivity contribution is 9.10. The van der Waals surface area contributed by atoms with Crippen molar-refractivity contribution in [1.29, 1.82) is 0 Å². The van der Waals surface area contributed by atoms with Crippen LogP contribution in [0, 0.1) is 10.1 Å². The number of halogens is 2. The van der Waals surface area contributed by atoms with Crippen LogP contribution in [0.4, 0.5) is 11.4 Å². The molecule has 1 amide bonds. The van der Waals surface area contributed by atoms with Gasteiger partial charge in [-0.05, 0) is 12.1 Å². The summed E-state index contributed by atoms with van der Waals surface area (Å²) in [5.41, 5.74) is 0.137. The summed E-state index contributed by atoms with van der Waals surface area (Å²) in [7, 11) is 1.49. The van der Waals surface area contributed by atoms with Crippen molar-refractivity contribution >= 4 is 44.8 Å². The highest BCUT2D eigenvalue weighted by atomic mass is 79.9. The van der Waals surface area contributed by atoms with E-state index in [1.165, 1.54) is 24.1 Å². The number of carbonyl (C=O) groups is 1. The standard InChI is InChI=1S/C10H10BrClN2O3/c1-13(10(15)4-5-12)9-6-7(11)2-3-8(9)14(16)17/h2-3,6H,4-5H2,1H3. The molecule has 0 aliphatic heterocycles. The predicted octanol–water partition coefficient (Wildman–Crippen LogP) is 2.95. The molecule has 0 fully saturated rings. The topological polar surface area (TPSA) is 63.5 Å². The van der Waals surface area contributed by atoms with E-state index >= 15 is 0 Å². The summed E-state index contributed by atoms with van der Waals surface area (Å²) in [5.74, 6) is -0.0773. The van der Waals surface area contributed by atoms with E-state index < -0.39 is 4.92 Å². The molecule has 0 saturated carbocycles. The van der Waals surface area contributed by atoms with Crippen LogP contribution in [0.2, 0.25) is 0 Å². The maximum atomic E-state index is 11.6. The molecule has 1 aromatic rings. The van der Waals surface area contributed by atoms with Crippen LogP contribution in [0.15, 0.2) is 22.7 Å². The normalized spacial score (nSPS) is 10.1. The van der Waals surface area contributed by atoms with Crippen LogP contribution >= 0.6 is 27.5 Å². The fourth-order valence-corrected chi connectivity index (χ4v) is 1.81. The van der Waals surface area contributed by atoms with Crippen LogP contribution in [-0.4, -0.2) is 23.8 Å². The third-order valence-electron chi connectivity index (χ3n) is 2.18. The molecule has 1 rings (SSSR count). The van der Waals surface area contributed by atoms with Gasteiger partial charge in [-0.1, -0.05) is 15.9 Å². The first-order chi connectivity index (χ1) is 7.97. The molecule has 5 nitrogen and oxygen atoms in total. The first kappa shape index (κ1) is 13.9. The fourth-order valence-electron chi connectivity index (χ4n) is 1.30. The molecule has 0 heterocycles. The van der Waals surface area contributed by atoms with E-state index in [0.29, 0.717) is 4.47 Å². The van der Waals surface area contributed by atoms with Crippen molar-refractivity contribution in [3.05, 3.63) is 32.8 Å². The molecule has 92 valence electrons. The summed E-state index contributed by atoms with van der Waals surface area (Å²) in [4.78, 5) is 23.2. The number of nitro benzene ring substituents is 1.